The second kappa shape index (κ2) is 13.3. The zero-order valence-corrected chi connectivity index (χ0v) is 18.8. The van der Waals surface area contributed by atoms with E-state index in [4.69, 9.17) is 9.47 Å². The van der Waals surface area contributed by atoms with Crippen LogP contribution in [-0.4, -0.2) is 51.1 Å². The highest BCUT2D eigenvalue weighted by Gasteiger charge is 2.34. The molecule has 0 saturated carbocycles. The summed E-state index contributed by atoms with van der Waals surface area (Å²) in [4.78, 5) is 4.32. The van der Waals surface area contributed by atoms with Gasteiger partial charge in [0.05, 0.1) is 13.2 Å². The first-order chi connectivity index (χ1) is 12.7. The molecule has 1 aromatic carbocycles. The molecule has 154 valence electrons. The zero-order valence-electron chi connectivity index (χ0n) is 16.5. The Balaban J connectivity index is 0.00000364. The Morgan fingerprint density at radius 2 is 2.07 bits per heavy atom. The van der Waals surface area contributed by atoms with Crippen molar-refractivity contribution in [1.82, 2.24) is 10.6 Å². The summed E-state index contributed by atoms with van der Waals surface area (Å²) in [7, 11) is 1.77. The van der Waals surface area contributed by atoms with Gasteiger partial charge >= 0.3 is 0 Å². The number of ether oxygens (including phenoxy) is 2. The third-order valence-electron chi connectivity index (χ3n) is 4.85. The molecule has 1 saturated heterocycles. The van der Waals surface area contributed by atoms with Crippen molar-refractivity contribution in [3.05, 3.63) is 35.4 Å². The van der Waals surface area contributed by atoms with Crippen LogP contribution in [0.25, 0.3) is 0 Å². The molecule has 0 aromatic heterocycles. The fourth-order valence-electron chi connectivity index (χ4n) is 3.18. The monoisotopic (exact) mass is 491 g/mol. The number of aliphatic imine (C=N–C) groups is 1. The predicted octanol–water partition coefficient (Wildman–Crippen LogP) is 2.69. The summed E-state index contributed by atoms with van der Waals surface area (Å²) < 4.78 is 11.2. The minimum absolute atomic E-state index is 0. The van der Waals surface area contributed by atoms with E-state index in [2.05, 4.69) is 34.7 Å². The molecule has 1 aliphatic heterocycles. The Morgan fingerprint density at radius 3 is 2.70 bits per heavy atom. The smallest absolute Gasteiger partial charge is 0.191 e. The zero-order chi connectivity index (χ0) is 18.7. The van der Waals surface area contributed by atoms with Crippen molar-refractivity contribution in [3.63, 3.8) is 0 Å². The maximum absolute atomic E-state index is 9.34. The van der Waals surface area contributed by atoms with Gasteiger partial charge in [-0.3, -0.25) is 4.99 Å². The van der Waals surface area contributed by atoms with Crippen molar-refractivity contribution >= 4 is 29.9 Å². The number of benzene rings is 1. The van der Waals surface area contributed by atoms with Crippen molar-refractivity contribution in [3.8, 4) is 0 Å². The van der Waals surface area contributed by atoms with Gasteiger partial charge in [-0.15, -0.1) is 24.0 Å². The average molecular weight is 491 g/mol. The highest BCUT2D eigenvalue weighted by Crippen LogP contribution is 2.31. The van der Waals surface area contributed by atoms with Gasteiger partial charge in [0, 0.05) is 45.4 Å². The summed E-state index contributed by atoms with van der Waals surface area (Å²) in [6.07, 6.45) is 2.74. The molecular weight excluding hydrogens is 457 g/mol. The van der Waals surface area contributed by atoms with Crippen molar-refractivity contribution in [1.29, 1.82) is 0 Å². The first kappa shape index (κ1) is 24.1. The van der Waals surface area contributed by atoms with Gasteiger partial charge in [-0.2, -0.15) is 0 Å². The van der Waals surface area contributed by atoms with Crippen molar-refractivity contribution in [2.45, 2.75) is 39.3 Å². The molecule has 1 unspecified atom stereocenters. The van der Waals surface area contributed by atoms with E-state index < -0.39 is 0 Å². The summed E-state index contributed by atoms with van der Waals surface area (Å²) in [5, 5.41) is 16.1. The molecular formula is C20H34IN3O3. The molecule has 1 heterocycles. The van der Waals surface area contributed by atoms with E-state index in [1.807, 2.05) is 12.1 Å². The molecule has 0 bridgehead atoms. The van der Waals surface area contributed by atoms with Crippen LogP contribution in [0.4, 0.5) is 0 Å². The predicted molar refractivity (Wildman–Crippen MR) is 120 cm³/mol. The van der Waals surface area contributed by atoms with E-state index >= 15 is 0 Å². The van der Waals surface area contributed by atoms with Crippen LogP contribution in [0.3, 0.4) is 0 Å². The van der Waals surface area contributed by atoms with Gasteiger partial charge in [0.2, 0.25) is 0 Å². The molecule has 6 nitrogen and oxygen atoms in total. The Kier molecular flexibility index (Phi) is 11.9. The molecule has 1 fully saturated rings. The summed E-state index contributed by atoms with van der Waals surface area (Å²) in [5.41, 5.74) is 2.41. The Bertz CT molecular complexity index is 563. The second-order valence-electron chi connectivity index (χ2n) is 6.88. The molecule has 0 amide bonds. The molecule has 3 N–H and O–H groups in total. The Morgan fingerprint density at radius 1 is 1.30 bits per heavy atom. The van der Waals surface area contributed by atoms with Gasteiger partial charge in [0.15, 0.2) is 5.96 Å². The van der Waals surface area contributed by atoms with Gasteiger partial charge < -0.3 is 25.2 Å². The average Bonchev–Trinajstić information content (AvgIpc) is 3.12. The van der Waals surface area contributed by atoms with E-state index in [1.165, 1.54) is 11.1 Å². The van der Waals surface area contributed by atoms with Gasteiger partial charge in [0.25, 0.3) is 0 Å². The number of aliphatic hydroxyl groups excluding tert-OH is 1. The first-order valence-corrected chi connectivity index (χ1v) is 9.50. The normalized spacial score (nSPS) is 19.6. The molecule has 1 aromatic rings. The number of rotatable bonds is 10. The van der Waals surface area contributed by atoms with Gasteiger partial charge in [-0.05, 0) is 30.4 Å². The number of halogens is 1. The maximum Gasteiger partial charge on any atom is 0.191 e. The Hall–Kier alpha value is -0.900. The number of nitrogens with one attached hydrogen (secondary N) is 2. The van der Waals surface area contributed by atoms with Crippen LogP contribution < -0.4 is 10.6 Å². The third kappa shape index (κ3) is 7.93. The molecule has 0 spiro atoms. The minimum atomic E-state index is -0.00172. The molecule has 2 rings (SSSR count). The third-order valence-corrected chi connectivity index (χ3v) is 4.85. The van der Waals surface area contributed by atoms with E-state index in [9.17, 15) is 5.11 Å². The second-order valence-corrected chi connectivity index (χ2v) is 6.88. The fraction of sp³-hybridized carbons (Fsp3) is 0.650. The maximum atomic E-state index is 9.34. The first-order valence-electron chi connectivity index (χ1n) is 9.50. The standard InChI is InChI=1S/C20H33N3O3.HI/c1-3-11-25-14-18-7-5-4-6-17(18)13-22-19(21-2)23-15-20(8-10-24)9-12-26-16-20;/h4-7,24H,3,8-16H2,1-2H3,(H2,21,22,23);1H. The summed E-state index contributed by atoms with van der Waals surface area (Å²) in [5.74, 6) is 0.762. The van der Waals surface area contributed by atoms with Crippen LogP contribution >= 0.6 is 24.0 Å². The van der Waals surface area contributed by atoms with Gasteiger partial charge in [0.1, 0.15) is 0 Å². The van der Waals surface area contributed by atoms with Crippen LogP contribution in [0, 0.1) is 5.41 Å². The number of nitrogens with zero attached hydrogens (tertiary/aromatic N) is 1. The largest absolute Gasteiger partial charge is 0.396 e. The lowest BCUT2D eigenvalue weighted by Crippen LogP contribution is -2.44. The van der Waals surface area contributed by atoms with Crippen LogP contribution in [0.2, 0.25) is 0 Å². The number of hydrogen-bond donors (Lipinski definition) is 3. The van der Waals surface area contributed by atoms with E-state index in [1.54, 1.807) is 7.05 Å². The molecule has 27 heavy (non-hydrogen) atoms. The quantitative estimate of drug-likeness (QED) is 0.203. The lowest BCUT2D eigenvalue weighted by atomic mass is 9.84. The molecule has 1 aliphatic rings. The van der Waals surface area contributed by atoms with Crippen LogP contribution in [0.15, 0.2) is 29.3 Å². The number of hydrogen-bond acceptors (Lipinski definition) is 4. The summed E-state index contributed by atoms with van der Waals surface area (Å²) in [6.45, 7) is 6.59. The minimum Gasteiger partial charge on any atom is -0.396 e. The number of guanidine groups is 1. The van der Waals surface area contributed by atoms with E-state index in [0.717, 1.165) is 45.0 Å². The summed E-state index contributed by atoms with van der Waals surface area (Å²) in [6, 6.07) is 8.31. The SMILES string of the molecule is CCCOCc1ccccc1CNC(=NC)NCC1(CCO)CCOC1.I. The van der Waals surface area contributed by atoms with Crippen LogP contribution in [0.5, 0.6) is 0 Å². The van der Waals surface area contributed by atoms with Crippen molar-refractivity contribution < 1.29 is 14.6 Å². The van der Waals surface area contributed by atoms with Gasteiger partial charge in [-0.25, -0.2) is 0 Å². The molecule has 0 aliphatic carbocycles. The molecule has 0 radical (unpaired) electrons. The molecule has 1 atom stereocenters. The Labute approximate surface area is 180 Å². The highest BCUT2D eigenvalue weighted by atomic mass is 127. The topological polar surface area (TPSA) is 75.1 Å². The fourth-order valence-corrected chi connectivity index (χ4v) is 3.18. The van der Waals surface area contributed by atoms with E-state index in [0.29, 0.717) is 19.8 Å². The highest BCUT2D eigenvalue weighted by molar-refractivity contribution is 14.0. The lowest BCUT2D eigenvalue weighted by Gasteiger charge is -2.27. The van der Waals surface area contributed by atoms with Crippen LogP contribution in [0.1, 0.15) is 37.3 Å². The van der Waals surface area contributed by atoms with Crippen molar-refractivity contribution in [2.75, 3.05) is 40.0 Å². The van der Waals surface area contributed by atoms with E-state index in [-0.39, 0.29) is 36.0 Å². The lowest BCUT2D eigenvalue weighted by molar-refractivity contribution is 0.121. The van der Waals surface area contributed by atoms with Crippen molar-refractivity contribution in [2.24, 2.45) is 10.4 Å². The molecule has 7 heteroatoms. The van der Waals surface area contributed by atoms with Crippen LogP contribution in [-0.2, 0) is 22.6 Å². The van der Waals surface area contributed by atoms with Gasteiger partial charge in [-0.1, -0.05) is 31.2 Å². The number of aliphatic hydroxyl groups is 1. The summed E-state index contributed by atoms with van der Waals surface area (Å²) >= 11 is 0.